The number of piperidine rings is 1. The quantitative estimate of drug-likeness (QED) is 0.913. The molecule has 0 spiro atoms. The molecular formula is C14H22N4O2. The van der Waals surface area contributed by atoms with Crippen LogP contribution in [0.2, 0.25) is 0 Å². The number of methoxy groups -OCH3 is 1. The topological polar surface area (TPSA) is 57.7 Å². The molecular weight excluding hydrogens is 256 g/mol. The third-order valence-corrected chi connectivity index (χ3v) is 3.69. The Morgan fingerprint density at radius 3 is 2.75 bits per heavy atom. The van der Waals surface area contributed by atoms with Crippen molar-refractivity contribution in [3.05, 3.63) is 18.3 Å². The van der Waals surface area contributed by atoms with Gasteiger partial charge in [-0.3, -0.25) is 0 Å². The van der Waals surface area contributed by atoms with Gasteiger partial charge in [-0.25, -0.2) is 9.78 Å². The van der Waals surface area contributed by atoms with E-state index in [1.165, 1.54) is 0 Å². The van der Waals surface area contributed by atoms with Crippen LogP contribution >= 0.6 is 0 Å². The smallest absolute Gasteiger partial charge is 0.321 e. The zero-order valence-electron chi connectivity index (χ0n) is 12.3. The van der Waals surface area contributed by atoms with Crippen molar-refractivity contribution in [2.75, 3.05) is 39.6 Å². The molecule has 0 aliphatic carbocycles. The summed E-state index contributed by atoms with van der Waals surface area (Å²) in [5.41, 5.74) is 0.606. The standard InChI is InChI=1S/C14H22N4O2/c1-17(2)11-6-9-18(10-7-11)14(19)16-12-5-4-8-15-13(12)20-3/h4-5,8,11H,6-7,9-10H2,1-3H3,(H,16,19). The molecule has 1 saturated heterocycles. The van der Waals surface area contributed by atoms with Crippen molar-refractivity contribution in [3.8, 4) is 5.88 Å². The van der Waals surface area contributed by atoms with Crippen molar-refractivity contribution in [3.63, 3.8) is 0 Å². The lowest BCUT2D eigenvalue weighted by atomic mass is 10.0. The van der Waals surface area contributed by atoms with Gasteiger partial charge < -0.3 is 19.9 Å². The highest BCUT2D eigenvalue weighted by Gasteiger charge is 2.24. The van der Waals surface area contributed by atoms with E-state index in [1.54, 1.807) is 25.4 Å². The summed E-state index contributed by atoms with van der Waals surface area (Å²) in [5.74, 6) is 0.434. The van der Waals surface area contributed by atoms with E-state index >= 15 is 0 Å². The number of ether oxygens (including phenoxy) is 1. The van der Waals surface area contributed by atoms with E-state index in [2.05, 4.69) is 29.3 Å². The fraction of sp³-hybridized carbons (Fsp3) is 0.571. The lowest BCUT2D eigenvalue weighted by molar-refractivity contribution is 0.156. The van der Waals surface area contributed by atoms with E-state index < -0.39 is 0 Å². The van der Waals surface area contributed by atoms with Crippen molar-refractivity contribution in [2.24, 2.45) is 0 Å². The van der Waals surface area contributed by atoms with Gasteiger partial charge in [-0.05, 0) is 39.1 Å². The Bertz CT molecular complexity index is 456. The van der Waals surface area contributed by atoms with Crippen molar-refractivity contribution in [2.45, 2.75) is 18.9 Å². The summed E-state index contributed by atoms with van der Waals surface area (Å²) in [6.45, 7) is 1.55. The van der Waals surface area contributed by atoms with Crippen molar-refractivity contribution in [1.82, 2.24) is 14.8 Å². The number of aromatic nitrogens is 1. The number of nitrogens with zero attached hydrogens (tertiary/aromatic N) is 3. The minimum atomic E-state index is -0.0893. The average molecular weight is 278 g/mol. The maximum atomic E-state index is 12.2. The summed E-state index contributed by atoms with van der Waals surface area (Å²) < 4.78 is 5.13. The van der Waals surface area contributed by atoms with E-state index in [1.807, 2.05) is 4.90 Å². The first-order valence-corrected chi connectivity index (χ1v) is 6.83. The molecule has 0 bridgehead atoms. The van der Waals surface area contributed by atoms with Crippen LogP contribution in [0, 0.1) is 0 Å². The molecule has 0 atom stereocenters. The molecule has 1 N–H and O–H groups in total. The highest BCUT2D eigenvalue weighted by molar-refractivity contribution is 5.90. The van der Waals surface area contributed by atoms with Crippen LogP contribution in [0.1, 0.15) is 12.8 Å². The number of hydrogen-bond acceptors (Lipinski definition) is 4. The molecule has 1 aliphatic heterocycles. The highest BCUT2D eigenvalue weighted by atomic mass is 16.5. The van der Waals surface area contributed by atoms with Gasteiger partial charge in [0.15, 0.2) is 0 Å². The molecule has 0 saturated carbocycles. The van der Waals surface area contributed by atoms with Gasteiger partial charge in [0.25, 0.3) is 0 Å². The normalized spacial score (nSPS) is 16.3. The lowest BCUT2D eigenvalue weighted by Crippen LogP contribution is -2.46. The Kier molecular flexibility index (Phi) is 4.79. The van der Waals surface area contributed by atoms with Gasteiger partial charge in [-0.15, -0.1) is 0 Å². The van der Waals surface area contributed by atoms with Gasteiger partial charge >= 0.3 is 6.03 Å². The Morgan fingerprint density at radius 2 is 2.15 bits per heavy atom. The number of carbonyl (C=O) groups is 1. The molecule has 1 aromatic rings. The van der Waals surface area contributed by atoms with Gasteiger partial charge in [-0.2, -0.15) is 0 Å². The zero-order chi connectivity index (χ0) is 14.5. The Labute approximate surface area is 119 Å². The van der Waals surface area contributed by atoms with Crippen LogP contribution in [0.15, 0.2) is 18.3 Å². The zero-order valence-corrected chi connectivity index (χ0v) is 12.3. The molecule has 110 valence electrons. The predicted octanol–water partition coefficient (Wildman–Crippen LogP) is 1.65. The van der Waals surface area contributed by atoms with E-state index in [0.717, 1.165) is 25.9 Å². The van der Waals surface area contributed by atoms with Crippen molar-refractivity contribution in [1.29, 1.82) is 0 Å². The van der Waals surface area contributed by atoms with Crippen molar-refractivity contribution >= 4 is 11.7 Å². The molecule has 2 amide bonds. The molecule has 1 aromatic heterocycles. The van der Waals surface area contributed by atoms with Gasteiger partial charge in [0.05, 0.1) is 7.11 Å². The van der Waals surface area contributed by atoms with Crippen LogP contribution in [-0.2, 0) is 0 Å². The molecule has 2 rings (SSSR count). The summed E-state index contributed by atoms with van der Waals surface area (Å²) >= 11 is 0. The number of carbonyl (C=O) groups excluding carboxylic acids is 1. The second-order valence-electron chi connectivity index (χ2n) is 5.17. The number of rotatable bonds is 3. The second kappa shape index (κ2) is 6.56. The minimum Gasteiger partial charge on any atom is -0.480 e. The summed E-state index contributed by atoms with van der Waals surface area (Å²) in [7, 11) is 5.71. The number of nitrogens with one attached hydrogen (secondary N) is 1. The molecule has 1 aliphatic rings. The van der Waals surface area contributed by atoms with E-state index in [4.69, 9.17) is 4.74 Å². The van der Waals surface area contributed by atoms with Crippen LogP contribution in [0.5, 0.6) is 5.88 Å². The monoisotopic (exact) mass is 278 g/mol. The summed E-state index contributed by atoms with van der Waals surface area (Å²) in [4.78, 5) is 20.4. The maximum absolute atomic E-state index is 12.2. The fourth-order valence-corrected chi connectivity index (χ4v) is 2.43. The van der Waals surface area contributed by atoms with Crippen LogP contribution in [0.25, 0.3) is 0 Å². The van der Waals surface area contributed by atoms with Crippen molar-refractivity contribution < 1.29 is 9.53 Å². The Hall–Kier alpha value is -1.82. The molecule has 6 heteroatoms. The van der Waals surface area contributed by atoms with Crippen LogP contribution in [0.3, 0.4) is 0 Å². The first kappa shape index (κ1) is 14.6. The first-order chi connectivity index (χ1) is 9.61. The van der Waals surface area contributed by atoms with Gasteiger partial charge in [-0.1, -0.05) is 0 Å². The van der Waals surface area contributed by atoms with Crippen LogP contribution in [0.4, 0.5) is 10.5 Å². The average Bonchev–Trinajstić information content (AvgIpc) is 2.48. The number of anilines is 1. The summed E-state index contributed by atoms with van der Waals surface area (Å²) in [6.07, 6.45) is 3.65. The fourth-order valence-electron chi connectivity index (χ4n) is 2.43. The number of urea groups is 1. The molecule has 6 nitrogen and oxygen atoms in total. The second-order valence-corrected chi connectivity index (χ2v) is 5.17. The predicted molar refractivity (Wildman–Crippen MR) is 78.1 cm³/mol. The van der Waals surface area contributed by atoms with E-state index in [-0.39, 0.29) is 6.03 Å². The number of amides is 2. The SMILES string of the molecule is COc1ncccc1NC(=O)N1CCC(N(C)C)CC1. The highest BCUT2D eigenvalue weighted by Crippen LogP contribution is 2.21. The van der Waals surface area contributed by atoms with Gasteiger partial charge in [0, 0.05) is 25.3 Å². The summed E-state index contributed by atoms with van der Waals surface area (Å²) in [5, 5.41) is 2.86. The van der Waals surface area contributed by atoms with Gasteiger partial charge in [0.2, 0.25) is 5.88 Å². The lowest BCUT2D eigenvalue weighted by Gasteiger charge is -2.35. The molecule has 20 heavy (non-hydrogen) atoms. The third kappa shape index (κ3) is 3.39. The third-order valence-electron chi connectivity index (χ3n) is 3.69. The number of hydrogen-bond donors (Lipinski definition) is 1. The molecule has 1 fully saturated rings. The Balaban J connectivity index is 1.93. The van der Waals surface area contributed by atoms with E-state index in [0.29, 0.717) is 17.6 Å². The number of likely N-dealkylation sites (tertiary alicyclic amines) is 1. The molecule has 2 heterocycles. The summed E-state index contributed by atoms with van der Waals surface area (Å²) in [6, 6.07) is 4.03. The largest absolute Gasteiger partial charge is 0.480 e. The first-order valence-electron chi connectivity index (χ1n) is 6.83. The van der Waals surface area contributed by atoms with Gasteiger partial charge in [0.1, 0.15) is 5.69 Å². The Morgan fingerprint density at radius 1 is 1.45 bits per heavy atom. The van der Waals surface area contributed by atoms with Crippen LogP contribution < -0.4 is 10.1 Å². The maximum Gasteiger partial charge on any atom is 0.321 e. The minimum absolute atomic E-state index is 0.0893. The molecule has 0 unspecified atom stereocenters. The van der Waals surface area contributed by atoms with Crippen LogP contribution in [-0.4, -0.2) is 61.2 Å². The number of pyridine rings is 1. The molecule has 0 radical (unpaired) electrons. The van der Waals surface area contributed by atoms with E-state index in [9.17, 15) is 4.79 Å². The molecule has 0 aromatic carbocycles.